The highest BCUT2D eigenvalue weighted by atomic mass is 32.1. The number of amides is 1. The molecule has 1 aromatic carbocycles. The predicted octanol–water partition coefficient (Wildman–Crippen LogP) is 4.39. The number of rotatable bonds is 2. The topological polar surface area (TPSA) is 42.4 Å². The van der Waals surface area contributed by atoms with Crippen molar-refractivity contribution in [3.63, 3.8) is 0 Å². The molecule has 0 saturated carbocycles. The van der Waals surface area contributed by atoms with E-state index in [1.165, 1.54) is 11.3 Å². The molecule has 0 N–H and O–H groups in total. The minimum absolute atomic E-state index is 0.00951. The second kappa shape index (κ2) is 6.89. The highest BCUT2D eigenvalue weighted by molar-refractivity contribution is 7.13. The van der Waals surface area contributed by atoms with Gasteiger partial charge in [0.05, 0.1) is 23.4 Å². The molecule has 0 spiro atoms. The van der Waals surface area contributed by atoms with Crippen LogP contribution in [0.15, 0.2) is 30.3 Å². The van der Waals surface area contributed by atoms with Crippen molar-refractivity contribution >= 4 is 17.2 Å². The number of hydrogen-bond acceptors (Lipinski definition) is 4. The largest absolute Gasteiger partial charge is 0.366 e. The van der Waals surface area contributed by atoms with Gasteiger partial charge in [0.25, 0.3) is 5.91 Å². The molecule has 2 heterocycles. The van der Waals surface area contributed by atoms with Crippen molar-refractivity contribution < 1.29 is 9.53 Å². The van der Waals surface area contributed by atoms with E-state index < -0.39 is 0 Å². The molecular formula is C20H26N2O2S. The van der Waals surface area contributed by atoms with E-state index in [1.807, 2.05) is 36.9 Å². The summed E-state index contributed by atoms with van der Waals surface area (Å²) in [7, 11) is 0. The minimum atomic E-state index is -0.0996. The Bertz CT molecular complexity index is 749. The Morgan fingerprint density at radius 3 is 2.44 bits per heavy atom. The molecule has 0 radical (unpaired) electrons. The number of nitrogens with zero attached hydrogens (tertiary/aromatic N) is 2. The first-order valence-corrected chi connectivity index (χ1v) is 9.51. The molecule has 2 aromatic rings. The molecule has 0 aliphatic carbocycles. The summed E-state index contributed by atoms with van der Waals surface area (Å²) in [6, 6.07) is 10.2. The van der Waals surface area contributed by atoms with Gasteiger partial charge >= 0.3 is 0 Å². The lowest BCUT2D eigenvalue weighted by Crippen LogP contribution is -2.51. The van der Waals surface area contributed by atoms with Gasteiger partial charge in [0, 0.05) is 6.54 Å². The fraction of sp³-hybridized carbons (Fsp3) is 0.500. The van der Waals surface area contributed by atoms with E-state index in [1.54, 1.807) is 0 Å². The van der Waals surface area contributed by atoms with Crippen LogP contribution in [0.3, 0.4) is 0 Å². The van der Waals surface area contributed by atoms with Gasteiger partial charge in [-0.1, -0.05) is 51.1 Å². The summed E-state index contributed by atoms with van der Waals surface area (Å²) in [6.07, 6.45) is -0.109. The molecule has 0 bridgehead atoms. The number of carbonyl (C=O) groups is 1. The molecular weight excluding hydrogens is 332 g/mol. The third-order valence-electron chi connectivity index (χ3n) is 4.62. The van der Waals surface area contributed by atoms with Crippen LogP contribution in [-0.2, 0) is 4.74 Å². The number of morpholine rings is 1. The summed E-state index contributed by atoms with van der Waals surface area (Å²) in [5, 5.41) is 0.932. The van der Waals surface area contributed by atoms with Gasteiger partial charge in [-0.15, -0.1) is 11.3 Å². The first-order valence-electron chi connectivity index (χ1n) is 8.69. The average Bonchev–Trinajstić information content (AvgIpc) is 2.92. The first kappa shape index (κ1) is 18.1. The summed E-state index contributed by atoms with van der Waals surface area (Å²) in [5.41, 5.74) is 1.90. The number of aromatic nitrogens is 1. The quantitative estimate of drug-likeness (QED) is 0.800. The van der Waals surface area contributed by atoms with Crippen LogP contribution in [0.2, 0.25) is 0 Å². The number of thiazole rings is 1. The second-order valence-corrected chi connectivity index (χ2v) is 8.95. The van der Waals surface area contributed by atoms with E-state index >= 15 is 0 Å². The fourth-order valence-corrected chi connectivity index (χ4v) is 4.02. The van der Waals surface area contributed by atoms with Crippen LogP contribution in [-0.4, -0.2) is 35.0 Å². The maximum absolute atomic E-state index is 13.1. The molecule has 5 heteroatoms. The van der Waals surface area contributed by atoms with Gasteiger partial charge in [-0.2, -0.15) is 0 Å². The number of hydrogen-bond donors (Lipinski definition) is 0. The van der Waals surface area contributed by atoms with Gasteiger partial charge in [-0.05, 0) is 24.8 Å². The molecule has 2 atom stereocenters. The normalized spacial score (nSPS) is 21.4. The van der Waals surface area contributed by atoms with E-state index in [9.17, 15) is 4.79 Å². The van der Waals surface area contributed by atoms with E-state index in [0.717, 1.165) is 21.1 Å². The van der Waals surface area contributed by atoms with Gasteiger partial charge in [-0.3, -0.25) is 4.79 Å². The van der Waals surface area contributed by atoms with E-state index in [4.69, 9.17) is 4.74 Å². The third kappa shape index (κ3) is 3.93. The predicted molar refractivity (Wildman–Crippen MR) is 101 cm³/mol. The monoisotopic (exact) mass is 358 g/mol. The van der Waals surface area contributed by atoms with Crippen molar-refractivity contribution in [1.82, 2.24) is 9.88 Å². The Labute approximate surface area is 153 Å². The Kier molecular flexibility index (Phi) is 4.98. The van der Waals surface area contributed by atoms with Gasteiger partial charge in [0.1, 0.15) is 11.0 Å². The van der Waals surface area contributed by atoms with Crippen LogP contribution in [0.5, 0.6) is 0 Å². The van der Waals surface area contributed by atoms with Crippen molar-refractivity contribution in [1.29, 1.82) is 0 Å². The molecule has 4 nitrogen and oxygen atoms in total. The number of carbonyl (C=O) groups excluding carboxylic acids is 1. The Balaban J connectivity index is 1.90. The molecule has 1 aliphatic rings. The van der Waals surface area contributed by atoms with Crippen molar-refractivity contribution in [3.05, 3.63) is 51.5 Å². The van der Waals surface area contributed by atoms with Crippen molar-refractivity contribution in [3.8, 4) is 0 Å². The molecule has 1 fully saturated rings. The fourth-order valence-electron chi connectivity index (χ4n) is 3.13. The number of ether oxygens (including phenoxy) is 1. The van der Waals surface area contributed by atoms with Crippen LogP contribution in [0.25, 0.3) is 0 Å². The van der Waals surface area contributed by atoms with E-state index in [2.05, 4.69) is 37.9 Å². The summed E-state index contributed by atoms with van der Waals surface area (Å²) < 4.78 is 6.38. The Morgan fingerprint density at radius 2 is 1.88 bits per heavy atom. The molecule has 0 unspecified atom stereocenters. The highest BCUT2D eigenvalue weighted by Gasteiger charge is 2.38. The van der Waals surface area contributed by atoms with Crippen LogP contribution in [0.4, 0.5) is 0 Å². The summed E-state index contributed by atoms with van der Waals surface area (Å²) >= 11 is 1.48. The molecule has 134 valence electrons. The van der Waals surface area contributed by atoms with Gasteiger partial charge in [0.2, 0.25) is 0 Å². The average molecular weight is 359 g/mol. The van der Waals surface area contributed by atoms with Crippen LogP contribution < -0.4 is 0 Å². The van der Waals surface area contributed by atoms with E-state index in [0.29, 0.717) is 13.1 Å². The summed E-state index contributed by atoms with van der Waals surface area (Å²) in [4.78, 5) is 20.2. The Hall–Kier alpha value is -1.72. The maximum Gasteiger partial charge on any atom is 0.266 e. The van der Waals surface area contributed by atoms with Crippen LogP contribution in [0.1, 0.15) is 52.8 Å². The molecule has 25 heavy (non-hydrogen) atoms. The third-order valence-corrected chi connectivity index (χ3v) is 5.68. The van der Waals surface area contributed by atoms with Crippen LogP contribution >= 0.6 is 11.3 Å². The minimum Gasteiger partial charge on any atom is -0.366 e. The van der Waals surface area contributed by atoms with Crippen molar-refractivity contribution in [2.75, 3.05) is 13.1 Å². The highest BCUT2D eigenvalue weighted by Crippen LogP contribution is 2.34. The zero-order chi connectivity index (χ0) is 18.2. The van der Waals surface area contributed by atoms with Gasteiger partial charge in [-0.25, -0.2) is 4.98 Å². The van der Waals surface area contributed by atoms with Crippen molar-refractivity contribution in [2.24, 2.45) is 5.41 Å². The lowest BCUT2D eigenvalue weighted by molar-refractivity contribution is -0.119. The molecule has 1 aliphatic heterocycles. The SMILES string of the molecule is Cc1nc(C)c(C(=O)N2C[C@@H](c3ccccc3)O[C@@H](C(C)(C)C)C2)s1. The molecule has 1 aromatic heterocycles. The van der Waals surface area contributed by atoms with Gasteiger partial charge in [0.15, 0.2) is 0 Å². The zero-order valence-corrected chi connectivity index (χ0v) is 16.4. The lowest BCUT2D eigenvalue weighted by Gasteiger charge is -2.43. The summed E-state index contributed by atoms with van der Waals surface area (Å²) in [5.74, 6) is 0.0709. The van der Waals surface area contributed by atoms with Crippen molar-refractivity contribution in [2.45, 2.75) is 46.8 Å². The smallest absolute Gasteiger partial charge is 0.266 e. The maximum atomic E-state index is 13.1. The standard InChI is InChI=1S/C20H26N2O2S/c1-13-18(25-14(2)21-13)19(23)22-11-16(15-9-7-6-8-10-15)24-17(12-22)20(3,4)5/h6-10,16-17H,11-12H2,1-5H3/t16-,17+/m0/s1. The molecule has 1 saturated heterocycles. The van der Waals surface area contributed by atoms with Gasteiger partial charge < -0.3 is 9.64 Å². The molecule has 3 rings (SSSR count). The lowest BCUT2D eigenvalue weighted by atomic mass is 9.87. The number of benzene rings is 1. The van der Waals surface area contributed by atoms with Crippen LogP contribution in [0, 0.1) is 19.3 Å². The zero-order valence-electron chi connectivity index (χ0n) is 15.6. The second-order valence-electron chi connectivity index (χ2n) is 7.75. The Morgan fingerprint density at radius 1 is 1.20 bits per heavy atom. The van der Waals surface area contributed by atoms with E-state index in [-0.39, 0.29) is 23.5 Å². The molecule has 1 amide bonds. The summed E-state index contributed by atoms with van der Waals surface area (Å²) in [6.45, 7) is 11.5. The number of aryl methyl sites for hydroxylation is 2. The first-order chi connectivity index (χ1) is 11.8.